The lowest BCUT2D eigenvalue weighted by Gasteiger charge is -2.38. The molecule has 1 aromatic carbocycles. The third-order valence-corrected chi connectivity index (χ3v) is 4.48. The number of hydrogen-bond donors (Lipinski definition) is 1. The van der Waals surface area contributed by atoms with Crippen LogP contribution in [0.1, 0.15) is 18.4 Å². The maximum Gasteiger partial charge on any atom is 0.222 e. The Morgan fingerprint density at radius 2 is 2.00 bits per heavy atom. The van der Waals surface area contributed by atoms with Gasteiger partial charge in [0.1, 0.15) is 11.6 Å². The number of likely N-dealkylation sites (tertiary alicyclic amines) is 1. The summed E-state index contributed by atoms with van der Waals surface area (Å²) in [6.45, 7) is 2.15. The first-order valence-corrected chi connectivity index (χ1v) is 8.36. The Kier molecular flexibility index (Phi) is 6.69. The van der Waals surface area contributed by atoms with E-state index >= 15 is 0 Å². The van der Waals surface area contributed by atoms with Crippen LogP contribution in [-0.2, 0) is 11.2 Å². The van der Waals surface area contributed by atoms with Crippen molar-refractivity contribution in [1.29, 1.82) is 0 Å². The third kappa shape index (κ3) is 5.24. The van der Waals surface area contributed by atoms with E-state index in [2.05, 4.69) is 4.90 Å². The Hall–Kier alpha value is -1.53. The van der Waals surface area contributed by atoms with Crippen molar-refractivity contribution in [2.45, 2.75) is 19.3 Å². The van der Waals surface area contributed by atoms with Crippen molar-refractivity contribution in [3.8, 4) is 0 Å². The van der Waals surface area contributed by atoms with Crippen molar-refractivity contribution < 1.29 is 18.7 Å². The lowest BCUT2D eigenvalue weighted by molar-refractivity contribution is -0.134. The van der Waals surface area contributed by atoms with Gasteiger partial charge in [-0.2, -0.15) is 0 Å². The number of carbonyl (C=O) groups is 1. The Bertz CT molecular complexity index is 566. The third-order valence-electron chi connectivity index (χ3n) is 4.48. The number of piperidine rings is 1. The summed E-state index contributed by atoms with van der Waals surface area (Å²) in [5.74, 6) is -0.843. The van der Waals surface area contributed by atoms with Crippen molar-refractivity contribution >= 4 is 5.91 Å². The van der Waals surface area contributed by atoms with Crippen molar-refractivity contribution in [2.75, 3.05) is 40.3 Å². The maximum atomic E-state index is 13.7. The van der Waals surface area contributed by atoms with Crippen LogP contribution >= 0.6 is 0 Å². The Balaban J connectivity index is 1.94. The molecule has 0 spiro atoms. The normalized spacial score (nSPS) is 21.3. The number of aryl methyl sites for hydroxylation is 1. The van der Waals surface area contributed by atoms with Gasteiger partial charge in [-0.25, -0.2) is 8.78 Å². The topological polar surface area (TPSA) is 43.8 Å². The van der Waals surface area contributed by atoms with Crippen molar-refractivity contribution in [2.24, 2.45) is 11.8 Å². The second kappa shape index (κ2) is 8.53. The molecule has 2 rings (SSSR count). The molecular formula is C18H26F2N2O2. The summed E-state index contributed by atoms with van der Waals surface area (Å²) in [5, 5.41) is 9.48. The maximum absolute atomic E-state index is 13.7. The van der Waals surface area contributed by atoms with E-state index in [-0.39, 0.29) is 31.3 Å². The summed E-state index contributed by atoms with van der Waals surface area (Å²) in [6, 6.07) is 3.44. The molecule has 1 aliphatic rings. The molecule has 1 heterocycles. The predicted molar refractivity (Wildman–Crippen MR) is 88.5 cm³/mol. The average Bonchev–Trinajstić information content (AvgIpc) is 2.52. The highest BCUT2D eigenvalue weighted by molar-refractivity contribution is 5.76. The number of aliphatic hydroxyl groups excluding tert-OH is 1. The van der Waals surface area contributed by atoms with Crippen molar-refractivity contribution in [1.82, 2.24) is 9.80 Å². The number of hydrogen-bond acceptors (Lipinski definition) is 3. The van der Waals surface area contributed by atoms with Crippen LogP contribution in [0, 0.1) is 23.5 Å². The van der Waals surface area contributed by atoms with E-state index in [9.17, 15) is 18.7 Å². The van der Waals surface area contributed by atoms with E-state index in [1.807, 2.05) is 14.1 Å². The fraction of sp³-hybridized carbons (Fsp3) is 0.611. The summed E-state index contributed by atoms with van der Waals surface area (Å²) in [6.07, 6.45) is 1.35. The number of amides is 1. The van der Waals surface area contributed by atoms with Crippen LogP contribution in [0.5, 0.6) is 0 Å². The largest absolute Gasteiger partial charge is 0.396 e. The van der Waals surface area contributed by atoms with E-state index in [4.69, 9.17) is 0 Å². The van der Waals surface area contributed by atoms with Crippen LogP contribution in [0.3, 0.4) is 0 Å². The second-order valence-electron chi connectivity index (χ2n) is 6.95. The molecule has 1 saturated heterocycles. The molecule has 0 bridgehead atoms. The Morgan fingerprint density at radius 1 is 1.29 bits per heavy atom. The highest BCUT2D eigenvalue weighted by Crippen LogP contribution is 2.23. The molecule has 2 atom stereocenters. The molecule has 0 saturated carbocycles. The zero-order valence-electron chi connectivity index (χ0n) is 14.3. The van der Waals surface area contributed by atoms with E-state index in [0.717, 1.165) is 19.0 Å². The molecule has 24 heavy (non-hydrogen) atoms. The SMILES string of the molecule is CN(C)C[C@H]1C[C@H](CO)CN(C(=O)CCc2ccc(F)cc2F)C1. The smallest absolute Gasteiger partial charge is 0.222 e. The molecule has 134 valence electrons. The van der Waals surface area contributed by atoms with Crippen molar-refractivity contribution in [3.05, 3.63) is 35.4 Å². The number of nitrogens with zero attached hydrogens (tertiary/aromatic N) is 2. The van der Waals surface area contributed by atoms with Gasteiger partial charge in [0.05, 0.1) is 0 Å². The first kappa shape index (κ1) is 18.8. The van der Waals surface area contributed by atoms with Gasteiger partial charge in [-0.15, -0.1) is 0 Å². The van der Waals surface area contributed by atoms with Gasteiger partial charge in [-0.3, -0.25) is 4.79 Å². The van der Waals surface area contributed by atoms with Gasteiger partial charge in [-0.1, -0.05) is 6.07 Å². The molecular weight excluding hydrogens is 314 g/mol. The molecule has 0 aliphatic carbocycles. The van der Waals surface area contributed by atoms with Gasteiger partial charge in [-0.05, 0) is 50.4 Å². The fourth-order valence-corrected chi connectivity index (χ4v) is 3.43. The molecule has 4 nitrogen and oxygen atoms in total. The second-order valence-corrected chi connectivity index (χ2v) is 6.95. The molecule has 1 fully saturated rings. The molecule has 1 aromatic rings. The lowest BCUT2D eigenvalue weighted by atomic mass is 9.89. The highest BCUT2D eigenvalue weighted by atomic mass is 19.1. The monoisotopic (exact) mass is 340 g/mol. The summed E-state index contributed by atoms with van der Waals surface area (Å²) in [5.41, 5.74) is 0.352. The lowest BCUT2D eigenvalue weighted by Crippen LogP contribution is -2.47. The van der Waals surface area contributed by atoms with Gasteiger partial charge in [0.15, 0.2) is 0 Å². The van der Waals surface area contributed by atoms with Gasteiger partial charge in [0.2, 0.25) is 5.91 Å². The van der Waals surface area contributed by atoms with E-state index in [1.165, 1.54) is 12.1 Å². The van der Waals surface area contributed by atoms with E-state index in [0.29, 0.717) is 24.6 Å². The first-order valence-electron chi connectivity index (χ1n) is 8.36. The molecule has 0 radical (unpaired) electrons. The van der Waals surface area contributed by atoms with Crippen molar-refractivity contribution in [3.63, 3.8) is 0 Å². The number of rotatable bonds is 6. The average molecular weight is 340 g/mol. The highest BCUT2D eigenvalue weighted by Gasteiger charge is 2.29. The standard InChI is InChI=1S/C18H26F2N2O2/c1-21(2)9-13-7-14(12-23)11-22(10-13)18(24)6-4-15-3-5-16(19)8-17(15)20/h3,5,8,13-14,23H,4,6-7,9-12H2,1-2H3/t13-,14+/m1/s1. The van der Waals surface area contributed by atoms with E-state index < -0.39 is 11.6 Å². The number of benzene rings is 1. The summed E-state index contributed by atoms with van der Waals surface area (Å²) >= 11 is 0. The summed E-state index contributed by atoms with van der Waals surface area (Å²) in [7, 11) is 3.98. The minimum atomic E-state index is -0.615. The van der Waals surface area contributed by atoms with Gasteiger partial charge in [0.25, 0.3) is 0 Å². The molecule has 0 unspecified atom stereocenters. The fourth-order valence-electron chi connectivity index (χ4n) is 3.43. The van der Waals surface area contributed by atoms with Crippen LogP contribution in [-0.4, -0.2) is 61.2 Å². The molecule has 1 N–H and O–H groups in total. The number of halogens is 2. The van der Waals surface area contributed by atoms with Crippen LogP contribution in [0.4, 0.5) is 8.78 Å². The van der Waals surface area contributed by atoms with Gasteiger partial charge >= 0.3 is 0 Å². The zero-order chi connectivity index (χ0) is 17.7. The molecule has 1 aliphatic heterocycles. The van der Waals surface area contributed by atoms with Crippen LogP contribution in [0.2, 0.25) is 0 Å². The predicted octanol–water partition coefficient (Wildman–Crippen LogP) is 1.92. The molecule has 6 heteroatoms. The van der Waals surface area contributed by atoms with Gasteiger partial charge in [0, 0.05) is 38.7 Å². The number of aliphatic hydroxyl groups is 1. The van der Waals surface area contributed by atoms with Crippen LogP contribution in [0.15, 0.2) is 18.2 Å². The quantitative estimate of drug-likeness (QED) is 0.860. The summed E-state index contributed by atoms with van der Waals surface area (Å²) in [4.78, 5) is 16.3. The number of carbonyl (C=O) groups excluding carboxylic acids is 1. The first-order chi connectivity index (χ1) is 11.4. The Labute approximate surface area is 142 Å². The van der Waals surface area contributed by atoms with E-state index in [1.54, 1.807) is 4.90 Å². The van der Waals surface area contributed by atoms with Crippen LogP contribution in [0.25, 0.3) is 0 Å². The minimum absolute atomic E-state index is 0.0411. The molecule has 1 amide bonds. The zero-order valence-corrected chi connectivity index (χ0v) is 14.3. The minimum Gasteiger partial charge on any atom is -0.396 e. The molecule has 0 aromatic heterocycles. The Morgan fingerprint density at radius 3 is 2.62 bits per heavy atom. The summed E-state index contributed by atoms with van der Waals surface area (Å²) < 4.78 is 26.6. The van der Waals surface area contributed by atoms with Gasteiger partial charge < -0.3 is 14.9 Å². The van der Waals surface area contributed by atoms with Crippen LogP contribution < -0.4 is 0 Å².